The summed E-state index contributed by atoms with van der Waals surface area (Å²) >= 11 is 0. The molecule has 0 spiro atoms. The molecular weight excluding hydrogens is 600 g/mol. The molecule has 46 heavy (non-hydrogen) atoms. The molecule has 13 heteroatoms. The molecule has 242 valence electrons. The molecule has 2 aromatic carbocycles. The van der Waals surface area contributed by atoms with Gasteiger partial charge < -0.3 is 20.4 Å². The van der Waals surface area contributed by atoms with Crippen LogP contribution in [0.4, 0.5) is 34.5 Å². The third-order valence-electron chi connectivity index (χ3n) is 8.79. The number of sulfonamides is 1. The lowest BCUT2D eigenvalue weighted by Crippen LogP contribution is -2.52. The lowest BCUT2D eigenvalue weighted by atomic mass is 10.00. The lowest BCUT2D eigenvalue weighted by molar-refractivity contribution is 0.0982. The summed E-state index contributed by atoms with van der Waals surface area (Å²) in [6, 6.07) is 10.6. The van der Waals surface area contributed by atoms with Crippen LogP contribution in [0, 0.1) is 0 Å². The van der Waals surface area contributed by atoms with Crippen LogP contribution in [-0.4, -0.2) is 96.8 Å². The van der Waals surface area contributed by atoms with Crippen LogP contribution in [0.3, 0.4) is 0 Å². The largest absolute Gasteiger partial charge is 0.371 e. The van der Waals surface area contributed by atoms with E-state index in [0.29, 0.717) is 40.1 Å². The van der Waals surface area contributed by atoms with Crippen LogP contribution in [-0.2, 0) is 16.4 Å². The van der Waals surface area contributed by atoms with Gasteiger partial charge in [-0.15, -0.1) is 0 Å². The minimum Gasteiger partial charge on any atom is -0.371 e. The maximum absolute atomic E-state index is 12.3. The Bertz CT molecular complexity index is 1820. The van der Waals surface area contributed by atoms with Gasteiger partial charge in [0.05, 0.1) is 23.1 Å². The fourth-order valence-corrected chi connectivity index (χ4v) is 6.88. The van der Waals surface area contributed by atoms with E-state index < -0.39 is 10.0 Å². The van der Waals surface area contributed by atoms with E-state index in [2.05, 4.69) is 83.8 Å². The Hall–Kier alpha value is -4.33. The number of aromatic nitrogens is 4. The van der Waals surface area contributed by atoms with Gasteiger partial charge in [0.15, 0.2) is 0 Å². The maximum Gasteiger partial charge on any atom is 0.229 e. The summed E-state index contributed by atoms with van der Waals surface area (Å²) in [5, 5.41) is 6.63. The molecule has 12 nitrogen and oxygen atoms in total. The van der Waals surface area contributed by atoms with Crippen molar-refractivity contribution in [3.05, 3.63) is 66.6 Å². The average molecular weight is 643 g/mol. The topological polar surface area (TPSA) is 132 Å². The molecule has 4 aromatic rings. The predicted molar refractivity (Wildman–Crippen MR) is 187 cm³/mol. The van der Waals surface area contributed by atoms with Crippen LogP contribution in [0.1, 0.15) is 30.9 Å². The first-order chi connectivity index (χ1) is 22.2. The van der Waals surface area contributed by atoms with Gasteiger partial charge in [0.2, 0.25) is 16.0 Å². The van der Waals surface area contributed by atoms with E-state index >= 15 is 0 Å². The number of rotatable bonds is 10. The first-order valence-electron chi connectivity index (χ1n) is 15.8. The molecule has 2 fully saturated rings. The summed E-state index contributed by atoms with van der Waals surface area (Å²) in [6.07, 6.45) is 10.8. The van der Waals surface area contributed by atoms with Crippen LogP contribution in [0.5, 0.6) is 0 Å². The first-order valence-corrected chi connectivity index (χ1v) is 17.7. The summed E-state index contributed by atoms with van der Waals surface area (Å²) in [6.45, 7) is 12.9. The number of piperazine rings is 1. The third-order valence-corrected chi connectivity index (χ3v) is 9.37. The van der Waals surface area contributed by atoms with Crippen molar-refractivity contribution in [1.82, 2.24) is 29.7 Å². The molecule has 2 aromatic heterocycles. The van der Waals surface area contributed by atoms with Gasteiger partial charge in [0, 0.05) is 80.8 Å². The number of likely N-dealkylation sites (N-methyl/N-ethyl adjacent to an activating group) is 1. The van der Waals surface area contributed by atoms with Crippen LogP contribution in [0.15, 0.2) is 55.5 Å². The van der Waals surface area contributed by atoms with E-state index in [1.165, 1.54) is 43.4 Å². The maximum atomic E-state index is 12.3. The van der Waals surface area contributed by atoms with Crippen LogP contribution in [0.2, 0.25) is 0 Å². The van der Waals surface area contributed by atoms with Gasteiger partial charge >= 0.3 is 0 Å². The van der Waals surface area contributed by atoms with Gasteiger partial charge in [0.25, 0.3) is 0 Å². The molecule has 2 aliphatic rings. The van der Waals surface area contributed by atoms with Crippen molar-refractivity contribution >= 4 is 61.6 Å². The zero-order valence-electron chi connectivity index (χ0n) is 26.7. The molecule has 2 aliphatic heterocycles. The van der Waals surface area contributed by atoms with Gasteiger partial charge in [-0.05, 0) is 62.2 Å². The minimum absolute atomic E-state index is 0.284. The highest BCUT2D eigenvalue weighted by Gasteiger charge is 2.27. The number of piperidine rings is 1. The molecular formula is C33H42N10O2S. The Morgan fingerprint density at radius 3 is 2.46 bits per heavy atom. The molecule has 4 heterocycles. The van der Waals surface area contributed by atoms with E-state index in [0.717, 1.165) is 44.5 Å². The first kappa shape index (κ1) is 31.6. The highest BCUT2D eigenvalue weighted by molar-refractivity contribution is 7.92. The number of nitrogens with one attached hydrogen (secondary N) is 3. The fourth-order valence-electron chi connectivity index (χ4n) is 6.30. The summed E-state index contributed by atoms with van der Waals surface area (Å²) in [4.78, 5) is 25.6. The molecule has 0 amide bonds. The van der Waals surface area contributed by atoms with Crippen LogP contribution in [0.25, 0.3) is 17.1 Å². The Kier molecular flexibility index (Phi) is 9.34. The van der Waals surface area contributed by atoms with Gasteiger partial charge in [-0.2, -0.15) is 4.98 Å². The van der Waals surface area contributed by atoms with E-state index in [-0.39, 0.29) is 5.69 Å². The van der Waals surface area contributed by atoms with Gasteiger partial charge in [-0.1, -0.05) is 19.6 Å². The number of hydrogen-bond acceptors (Lipinski definition) is 11. The molecule has 0 aliphatic carbocycles. The van der Waals surface area contributed by atoms with E-state index in [1.807, 2.05) is 0 Å². The molecule has 3 N–H and O–H groups in total. The average Bonchev–Trinajstić information content (AvgIpc) is 3.06. The second-order valence-corrected chi connectivity index (χ2v) is 13.7. The summed E-state index contributed by atoms with van der Waals surface area (Å²) < 4.78 is 27.1. The minimum atomic E-state index is -3.61. The van der Waals surface area contributed by atoms with E-state index in [9.17, 15) is 8.42 Å². The molecule has 0 unspecified atom stereocenters. The van der Waals surface area contributed by atoms with Crippen LogP contribution >= 0.6 is 0 Å². The van der Waals surface area contributed by atoms with Gasteiger partial charge in [-0.25, -0.2) is 13.4 Å². The molecule has 2 saturated heterocycles. The summed E-state index contributed by atoms with van der Waals surface area (Å²) in [5.74, 6) is 0.858. The summed E-state index contributed by atoms with van der Waals surface area (Å²) in [7, 11) is -1.40. The zero-order chi connectivity index (χ0) is 32.3. The quantitative estimate of drug-likeness (QED) is 0.222. The van der Waals surface area contributed by atoms with E-state index in [1.54, 1.807) is 30.6 Å². The lowest BCUT2D eigenvalue weighted by Gasteiger charge is -2.43. The Labute approximate surface area is 271 Å². The standard InChI is InChI=1S/C33H42N10O2S/c1-5-23-21-25(7-10-29(23)43-15-11-26(12-16-43)42-19-17-41(3)18-20-42)37-33-36-22-24(6-2)32(39-33)38-28-9-8-27-30(35-14-13-34-27)31(28)40-46(4,44)45/h6-10,13-14,21-22,26,40H,2,5,11-12,15-20H2,1,3-4H3,(H2,36,37,38,39). The highest BCUT2D eigenvalue weighted by atomic mass is 32.2. The second kappa shape index (κ2) is 13.6. The molecule has 6 rings (SSSR count). The third kappa shape index (κ3) is 7.22. The highest BCUT2D eigenvalue weighted by Crippen LogP contribution is 2.34. The normalized spacial score (nSPS) is 16.8. The van der Waals surface area contributed by atoms with Crippen molar-refractivity contribution < 1.29 is 8.42 Å². The van der Waals surface area contributed by atoms with Gasteiger partial charge in [0.1, 0.15) is 11.3 Å². The number of nitrogens with zero attached hydrogens (tertiary/aromatic N) is 7. The van der Waals surface area contributed by atoms with Crippen molar-refractivity contribution in [2.75, 3.05) is 72.8 Å². The summed E-state index contributed by atoms with van der Waals surface area (Å²) in [5.41, 5.74) is 5.85. The van der Waals surface area contributed by atoms with Crippen molar-refractivity contribution in [3.63, 3.8) is 0 Å². The Balaban J connectivity index is 1.20. The zero-order valence-corrected chi connectivity index (χ0v) is 27.5. The molecule has 0 atom stereocenters. The number of benzene rings is 2. The van der Waals surface area contributed by atoms with E-state index in [4.69, 9.17) is 4.98 Å². The SMILES string of the molecule is C=Cc1cnc(Nc2ccc(N3CCC(N4CCN(C)CC4)CC3)c(CC)c2)nc1Nc1ccc2nccnc2c1NS(C)(=O)=O. The van der Waals surface area contributed by atoms with Gasteiger partial charge in [-0.3, -0.25) is 19.6 Å². The Morgan fingerprint density at radius 1 is 0.978 bits per heavy atom. The van der Waals surface area contributed by atoms with Crippen molar-refractivity contribution in [3.8, 4) is 0 Å². The smallest absolute Gasteiger partial charge is 0.229 e. The number of aryl methyl sites for hydroxylation is 1. The number of anilines is 6. The molecule has 0 saturated carbocycles. The van der Waals surface area contributed by atoms with Crippen molar-refractivity contribution in [1.29, 1.82) is 0 Å². The monoisotopic (exact) mass is 642 g/mol. The number of fused-ring (bicyclic) bond motifs is 1. The predicted octanol–water partition coefficient (Wildman–Crippen LogP) is 4.70. The second-order valence-electron chi connectivity index (χ2n) is 12.0. The number of hydrogen-bond donors (Lipinski definition) is 3. The Morgan fingerprint density at radius 2 is 1.74 bits per heavy atom. The molecule has 0 radical (unpaired) electrons. The van der Waals surface area contributed by atoms with Crippen molar-refractivity contribution in [2.24, 2.45) is 0 Å². The fraction of sp³-hybridized carbons (Fsp3) is 0.394. The van der Waals surface area contributed by atoms with Crippen molar-refractivity contribution in [2.45, 2.75) is 32.2 Å². The molecule has 0 bridgehead atoms. The van der Waals surface area contributed by atoms with Crippen LogP contribution < -0.4 is 20.3 Å².